The van der Waals surface area contributed by atoms with Crippen LogP contribution in [0.5, 0.6) is 0 Å². The summed E-state index contributed by atoms with van der Waals surface area (Å²) in [6.07, 6.45) is 1.70. The average molecular weight is 374 g/mol. The number of fused-ring (bicyclic) bond motifs is 3. The van der Waals surface area contributed by atoms with E-state index in [1.807, 2.05) is 47.7 Å². The minimum atomic E-state index is 0.694. The molecule has 0 N–H and O–H groups in total. The van der Waals surface area contributed by atoms with Gasteiger partial charge in [-0.25, -0.2) is 4.98 Å². The number of aromatic nitrogens is 4. The van der Waals surface area contributed by atoms with E-state index in [0.717, 1.165) is 38.0 Å². The van der Waals surface area contributed by atoms with Crippen LogP contribution in [0.3, 0.4) is 0 Å². The molecule has 0 unspecified atom stereocenters. The topological polar surface area (TPSA) is 43.1 Å². The Morgan fingerprint density at radius 3 is 2.77 bits per heavy atom. The van der Waals surface area contributed by atoms with E-state index in [-0.39, 0.29) is 0 Å². The number of benzene rings is 2. The highest BCUT2D eigenvalue weighted by atomic mass is 79.9. The molecular formula is C16H10BrClN4. The summed E-state index contributed by atoms with van der Waals surface area (Å²) >= 11 is 10.0. The molecule has 0 radical (unpaired) electrons. The normalized spacial score (nSPS) is 11.4. The molecule has 0 bridgehead atoms. The first kappa shape index (κ1) is 13.7. The fraction of sp³-hybridized carbons (Fsp3) is 0.0625. The third-order valence-electron chi connectivity index (χ3n) is 3.66. The van der Waals surface area contributed by atoms with Crippen LogP contribution in [0.2, 0.25) is 5.02 Å². The zero-order chi connectivity index (χ0) is 15.3. The van der Waals surface area contributed by atoms with Gasteiger partial charge >= 0.3 is 0 Å². The van der Waals surface area contributed by atoms with Crippen LogP contribution in [0.25, 0.3) is 27.8 Å². The molecule has 4 aromatic rings. The lowest BCUT2D eigenvalue weighted by molar-refractivity contribution is 1.10. The SMILES string of the molecule is Cc1nc2c(-c3ccccc3Cl)c(Br)ccc2n2cnnc12. The highest BCUT2D eigenvalue weighted by Crippen LogP contribution is 2.38. The number of halogens is 2. The zero-order valence-corrected chi connectivity index (χ0v) is 13.9. The van der Waals surface area contributed by atoms with Crippen LogP contribution >= 0.6 is 27.5 Å². The van der Waals surface area contributed by atoms with Crippen molar-refractivity contribution in [1.29, 1.82) is 0 Å². The molecule has 2 heterocycles. The Morgan fingerprint density at radius 2 is 1.95 bits per heavy atom. The van der Waals surface area contributed by atoms with Crippen LogP contribution in [-0.2, 0) is 0 Å². The van der Waals surface area contributed by atoms with E-state index in [1.165, 1.54) is 0 Å². The summed E-state index contributed by atoms with van der Waals surface area (Å²) < 4.78 is 2.90. The van der Waals surface area contributed by atoms with E-state index in [0.29, 0.717) is 5.02 Å². The van der Waals surface area contributed by atoms with Crippen molar-refractivity contribution < 1.29 is 0 Å². The van der Waals surface area contributed by atoms with Crippen LogP contribution < -0.4 is 0 Å². The summed E-state index contributed by atoms with van der Waals surface area (Å²) in [5.74, 6) is 0. The van der Waals surface area contributed by atoms with Gasteiger partial charge in [-0.3, -0.25) is 4.40 Å². The van der Waals surface area contributed by atoms with E-state index < -0.39 is 0 Å². The minimum Gasteiger partial charge on any atom is -0.278 e. The van der Waals surface area contributed by atoms with Gasteiger partial charge in [-0.15, -0.1) is 10.2 Å². The van der Waals surface area contributed by atoms with Gasteiger partial charge in [0.1, 0.15) is 6.33 Å². The van der Waals surface area contributed by atoms with Gasteiger partial charge < -0.3 is 0 Å². The van der Waals surface area contributed by atoms with Crippen molar-refractivity contribution in [3.63, 3.8) is 0 Å². The second kappa shape index (κ2) is 5.04. The molecule has 2 aromatic heterocycles. The number of hydrogen-bond acceptors (Lipinski definition) is 3. The largest absolute Gasteiger partial charge is 0.278 e. The molecule has 6 heteroatoms. The summed E-state index contributed by atoms with van der Waals surface area (Å²) in [6, 6.07) is 11.8. The molecule has 0 fully saturated rings. The van der Waals surface area contributed by atoms with E-state index >= 15 is 0 Å². The van der Waals surface area contributed by atoms with E-state index in [2.05, 4.69) is 26.1 Å². The van der Waals surface area contributed by atoms with Gasteiger partial charge in [0.05, 0.1) is 16.7 Å². The Hall–Kier alpha value is -1.98. The Labute approximate surface area is 139 Å². The summed E-state index contributed by atoms with van der Waals surface area (Å²) in [4.78, 5) is 4.74. The third kappa shape index (κ3) is 1.93. The maximum Gasteiger partial charge on any atom is 0.182 e. The molecule has 0 spiro atoms. The maximum absolute atomic E-state index is 6.39. The van der Waals surface area contributed by atoms with Crippen molar-refractivity contribution in [1.82, 2.24) is 19.6 Å². The fourth-order valence-corrected chi connectivity index (χ4v) is 3.42. The van der Waals surface area contributed by atoms with Crippen LogP contribution in [0.15, 0.2) is 47.2 Å². The maximum atomic E-state index is 6.39. The molecule has 2 aromatic carbocycles. The van der Waals surface area contributed by atoms with Gasteiger partial charge in [0, 0.05) is 20.6 Å². The summed E-state index contributed by atoms with van der Waals surface area (Å²) in [5, 5.41) is 8.81. The standard InChI is InChI=1S/C16H10BrClN4/c1-9-16-21-19-8-22(16)13-7-6-11(17)14(15(13)20-9)10-4-2-3-5-12(10)18/h2-8H,1H3. The van der Waals surface area contributed by atoms with Crippen molar-refractivity contribution >= 4 is 44.2 Å². The van der Waals surface area contributed by atoms with E-state index in [9.17, 15) is 0 Å². The Kier molecular flexibility index (Phi) is 3.13. The van der Waals surface area contributed by atoms with Crippen molar-refractivity contribution in [2.24, 2.45) is 0 Å². The van der Waals surface area contributed by atoms with Crippen LogP contribution in [0.4, 0.5) is 0 Å². The zero-order valence-electron chi connectivity index (χ0n) is 11.6. The summed E-state index contributed by atoms with van der Waals surface area (Å²) in [7, 11) is 0. The van der Waals surface area contributed by atoms with Gasteiger partial charge in [-0.2, -0.15) is 0 Å². The molecule has 0 atom stereocenters. The fourth-order valence-electron chi connectivity index (χ4n) is 2.66. The predicted octanol–water partition coefficient (Wildman–Crippen LogP) is 4.67. The van der Waals surface area contributed by atoms with Gasteiger partial charge in [-0.05, 0) is 25.1 Å². The van der Waals surface area contributed by atoms with Gasteiger partial charge in [0.15, 0.2) is 5.65 Å². The second-order valence-corrected chi connectivity index (χ2v) is 6.25. The number of aryl methyl sites for hydroxylation is 1. The van der Waals surface area contributed by atoms with Crippen LogP contribution in [0.1, 0.15) is 5.69 Å². The lowest BCUT2D eigenvalue weighted by atomic mass is 10.0. The second-order valence-electron chi connectivity index (χ2n) is 4.99. The molecule has 22 heavy (non-hydrogen) atoms. The molecule has 0 aliphatic rings. The molecule has 0 amide bonds. The third-order valence-corrected chi connectivity index (χ3v) is 4.65. The van der Waals surface area contributed by atoms with E-state index in [1.54, 1.807) is 6.33 Å². The molecule has 0 aliphatic heterocycles. The average Bonchev–Trinajstić information content (AvgIpc) is 2.99. The monoisotopic (exact) mass is 372 g/mol. The molecule has 0 saturated heterocycles. The first-order valence-corrected chi connectivity index (χ1v) is 7.87. The Morgan fingerprint density at radius 1 is 1.14 bits per heavy atom. The van der Waals surface area contributed by atoms with Crippen molar-refractivity contribution in [2.75, 3.05) is 0 Å². The first-order chi connectivity index (χ1) is 10.7. The predicted molar refractivity (Wildman–Crippen MR) is 91.2 cm³/mol. The Balaban J connectivity index is 2.21. The van der Waals surface area contributed by atoms with Crippen LogP contribution in [0, 0.1) is 6.92 Å². The van der Waals surface area contributed by atoms with Crippen molar-refractivity contribution in [3.05, 3.63) is 57.9 Å². The van der Waals surface area contributed by atoms with E-state index in [4.69, 9.17) is 16.6 Å². The van der Waals surface area contributed by atoms with Crippen LogP contribution in [-0.4, -0.2) is 19.6 Å². The molecule has 0 saturated carbocycles. The van der Waals surface area contributed by atoms with Gasteiger partial charge in [-0.1, -0.05) is 45.7 Å². The summed E-state index contributed by atoms with van der Waals surface area (Å²) in [5.41, 5.74) is 5.33. The summed E-state index contributed by atoms with van der Waals surface area (Å²) in [6.45, 7) is 1.93. The minimum absolute atomic E-state index is 0.694. The molecule has 4 nitrogen and oxygen atoms in total. The Bertz CT molecular complexity index is 1030. The lowest BCUT2D eigenvalue weighted by Gasteiger charge is -2.12. The highest BCUT2D eigenvalue weighted by molar-refractivity contribution is 9.10. The van der Waals surface area contributed by atoms with Gasteiger partial charge in [0.25, 0.3) is 0 Å². The number of rotatable bonds is 1. The smallest absolute Gasteiger partial charge is 0.182 e. The molecule has 4 rings (SSSR count). The first-order valence-electron chi connectivity index (χ1n) is 6.70. The van der Waals surface area contributed by atoms with Crippen molar-refractivity contribution in [3.8, 4) is 11.1 Å². The molecular weight excluding hydrogens is 364 g/mol. The molecule has 0 aliphatic carbocycles. The number of nitrogens with zero attached hydrogens (tertiary/aromatic N) is 4. The number of hydrogen-bond donors (Lipinski definition) is 0. The van der Waals surface area contributed by atoms with Crippen molar-refractivity contribution in [2.45, 2.75) is 6.92 Å². The lowest BCUT2D eigenvalue weighted by Crippen LogP contribution is -1.97. The quantitative estimate of drug-likeness (QED) is 0.487. The highest BCUT2D eigenvalue weighted by Gasteiger charge is 2.16. The molecule has 108 valence electrons. The van der Waals surface area contributed by atoms with Gasteiger partial charge in [0.2, 0.25) is 0 Å².